The minimum atomic E-state index is -0.840. The molecule has 0 spiro atoms. The summed E-state index contributed by atoms with van der Waals surface area (Å²) in [7, 11) is 3.11. The SMILES string of the molecule is CC(C)[C@H]1NC(=O)C[C@H]2/C=C/CCSSC[C@@H](NC1=O)C(=O)NCc1cc(-c3ccccc3)ccc1CC(=O)O2. The van der Waals surface area contributed by atoms with Gasteiger partial charge in [0.2, 0.25) is 17.7 Å². The number of amides is 3. The summed E-state index contributed by atoms with van der Waals surface area (Å²) >= 11 is 0. The first-order valence-corrected chi connectivity index (χ1v) is 15.9. The summed E-state index contributed by atoms with van der Waals surface area (Å²) in [4.78, 5) is 52.8. The van der Waals surface area contributed by atoms with Gasteiger partial charge < -0.3 is 20.7 Å². The molecule has 2 bridgehead atoms. The van der Waals surface area contributed by atoms with Gasteiger partial charge in [-0.05, 0) is 46.7 Å². The maximum absolute atomic E-state index is 13.4. The van der Waals surface area contributed by atoms with E-state index in [0.29, 0.717) is 12.2 Å². The van der Waals surface area contributed by atoms with Crippen LogP contribution < -0.4 is 16.0 Å². The quantitative estimate of drug-likeness (QED) is 0.281. The molecule has 4 rings (SSSR count). The predicted octanol–water partition coefficient (Wildman–Crippen LogP) is 3.79. The summed E-state index contributed by atoms with van der Waals surface area (Å²) < 4.78 is 5.77. The van der Waals surface area contributed by atoms with E-state index < -0.39 is 36.0 Å². The maximum atomic E-state index is 13.4. The molecule has 3 atom stereocenters. The number of fused-ring (bicyclic) bond motifs is 8. The number of allylic oxidation sites excluding steroid dienone is 1. The fraction of sp³-hybridized carbons (Fsp3) is 0.400. The van der Waals surface area contributed by atoms with Gasteiger partial charge in [0.25, 0.3) is 0 Å². The summed E-state index contributed by atoms with van der Waals surface area (Å²) in [5.74, 6) is -0.720. The van der Waals surface area contributed by atoms with Gasteiger partial charge in [0.05, 0.1) is 12.8 Å². The predicted molar refractivity (Wildman–Crippen MR) is 159 cm³/mol. The molecule has 10 heteroatoms. The average Bonchev–Trinajstić information content (AvgIpc) is 2.93. The second kappa shape index (κ2) is 14.4. The van der Waals surface area contributed by atoms with E-state index >= 15 is 0 Å². The zero-order valence-electron chi connectivity index (χ0n) is 22.7. The highest BCUT2D eigenvalue weighted by Crippen LogP contribution is 2.25. The van der Waals surface area contributed by atoms with Gasteiger partial charge in [-0.3, -0.25) is 19.2 Å². The van der Waals surface area contributed by atoms with E-state index in [2.05, 4.69) is 16.0 Å². The van der Waals surface area contributed by atoms with E-state index in [0.717, 1.165) is 28.0 Å². The Morgan fingerprint density at radius 2 is 1.70 bits per heavy atom. The topological polar surface area (TPSA) is 114 Å². The summed E-state index contributed by atoms with van der Waals surface area (Å²) in [5.41, 5.74) is 3.47. The lowest BCUT2D eigenvalue weighted by Gasteiger charge is -2.26. The molecule has 0 saturated heterocycles. The summed E-state index contributed by atoms with van der Waals surface area (Å²) in [6.45, 7) is 3.84. The monoisotopic (exact) mass is 581 g/mol. The van der Waals surface area contributed by atoms with Crippen molar-refractivity contribution < 1.29 is 23.9 Å². The number of hydrogen-bond acceptors (Lipinski definition) is 7. The van der Waals surface area contributed by atoms with Crippen molar-refractivity contribution in [1.82, 2.24) is 16.0 Å². The van der Waals surface area contributed by atoms with Gasteiger partial charge in [-0.15, -0.1) is 0 Å². The molecule has 2 aliphatic heterocycles. The Hall–Kier alpha value is -3.24. The maximum Gasteiger partial charge on any atom is 0.310 e. The number of carbonyl (C=O) groups excluding carboxylic acids is 4. The molecular weight excluding hydrogens is 546 g/mol. The van der Waals surface area contributed by atoms with E-state index in [1.54, 1.807) is 16.9 Å². The van der Waals surface area contributed by atoms with Crippen LogP contribution in [0.3, 0.4) is 0 Å². The highest BCUT2D eigenvalue weighted by atomic mass is 33.1. The number of rotatable bonds is 2. The van der Waals surface area contributed by atoms with Crippen molar-refractivity contribution in [3.05, 3.63) is 71.8 Å². The summed E-state index contributed by atoms with van der Waals surface area (Å²) in [5, 5.41) is 8.62. The van der Waals surface area contributed by atoms with Gasteiger partial charge in [-0.25, -0.2) is 0 Å². The second-order valence-corrected chi connectivity index (χ2v) is 12.8. The van der Waals surface area contributed by atoms with E-state index in [9.17, 15) is 19.2 Å². The molecule has 0 aromatic heterocycles. The van der Waals surface area contributed by atoms with Crippen LogP contribution in [0.2, 0.25) is 0 Å². The molecule has 0 unspecified atom stereocenters. The first kappa shape index (κ1) is 29.7. The van der Waals surface area contributed by atoms with Gasteiger partial charge in [0.15, 0.2) is 0 Å². The van der Waals surface area contributed by atoms with Crippen LogP contribution in [-0.4, -0.2) is 53.4 Å². The third-order valence-electron chi connectivity index (χ3n) is 6.71. The molecule has 2 aliphatic rings. The lowest BCUT2D eigenvalue weighted by atomic mass is 9.97. The molecule has 2 aromatic carbocycles. The number of hydrogen-bond donors (Lipinski definition) is 3. The van der Waals surface area contributed by atoms with Crippen LogP contribution in [0.15, 0.2) is 60.7 Å². The first-order chi connectivity index (χ1) is 19.3. The molecule has 212 valence electrons. The van der Waals surface area contributed by atoms with Crippen molar-refractivity contribution >= 4 is 45.3 Å². The van der Waals surface area contributed by atoms with Crippen molar-refractivity contribution in [3.8, 4) is 11.1 Å². The smallest absolute Gasteiger partial charge is 0.310 e. The van der Waals surface area contributed by atoms with Crippen molar-refractivity contribution in [2.24, 2.45) is 5.92 Å². The largest absolute Gasteiger partial charge is 0.457 e. The summed E-state index contributed by atoms with van der Waals surface area (Å²) in [6, 6.07) is 14.0. The normalized spacial score (nSPS) is 24.1. The number of nitrogens with one attached hydrogen (secondary N) is 3. The molecular formula is C30H35N3O5S2. The number of benzene rings is 2. The fourth-order valence-corrected chi connectivity index (χ4v) is 6.68. The number of ether oxygens (including phenoxy) is 1. The van der Waals surface area contributed by atoms with E-state index in [1.807, 2.05) is 68.5 Å². The highest BCUT2D eigenvalue weighted by molar-refractivity contribution is 8.76. The zero-order chi connectivity index (χ0) is 28.5. The molecule has 0 fully saturated rings. The van der Waals surface area contributed by atoms with E-state index in [-0.39, 0.29) is 31.2 Å². The van der Waals surface area contributed by atoms with Crippen LogP contribution in [0.4, 0.5) is 0 Å². The van der Waals surface area contributed by atoms with E-state index in [1.165, 1.54) is 10.8 Å². The Balaban J connectivity index is 1.72. The first-order valence-electron chi connectivity index (χ1n) is 13.5. The van der Waals surface area contributed by atoms with E-state index in [4.69, 9.17) is 4.74 Å². The molecule has 2 aromatic rings. The molecule has 3 N–H and O–H groups in total. The third-order valence-corrected chi connectivity index (χ3v) is 9.15. The number of esters is 1. The molecule has 0 saturated carbocycles. The van der Waals surface area contributed by atoms with Crippen LogP contribution >= 0.6 is 21.6 Å². The Labute approximate surface area is 242 Å². The van der Waals surface area contributed by atoms with Crippen LogP contribution in [0.5, 0.6) is 0 Å². The van der Waals surface area contributed by atoms with Crippen LogP contribution in [0, 0.1) is 5.92 Å². The Bertz CT molecular complexity index is 1250. The average molecular weight is 582 g/mol. The molecule has 3 amide bonds. The third kappa shape index (κ3) is 8.38. The van der Waals surface area contributed by atoms with Crippen molar-refractivity contribution in [2.75, 3.05) is 11.5 Å². The van der Waals surface area contributed by atoms with Crippen LogP contribution in [-0.2, 0) is 36.9 Å². The van der Waals surface area contributed by atoms with Crippen molar-refractivity contribution in [2.45, 2.75) is 57.8 Å². The Kier molecular flexibility index (Phi) is 10.7. The van der Waals surface area contributed by atoms with Gasteiger partial charge in [-0.2, -0.15) is 0 Å². The van der Waals surface area contributed by atoms with Gasteiger partial charge in [-0.1, -0.05) is 84.0 Å². The van der Waals surface area contributed by atoms with Crippen LogP contribution in [0.1, 0.15) is 37.8 Å². The molecule has 2 heterocycles. The molecule has 40 heavy (non-hydrogen) atoms. The second-order valence-electron chi connectivity index (χ2n) is 10.2. The molecule has 8 nitrogen and oxygen atoms in total. The van der Waals surface area contributed by atoms with Gasteiger partial charge in [0.1, 0.15) is 18.2 Å². The fourth-order valence-electron chi connectivity index (χ4n) is 4.53. The van der Waals surface area contributed by atoms with Crippen molar-refractivity contribution in [3.63, 3.8) is 0 Å². The Morgan fingerprint density at radius 3 is 2.48 bits per heavy atom. The zero-order valence-corrected chi connectivity index (χ0v) is 24.3. The minimum Gasteiger partial charge on any atom is -0.457 e. The summed E-state index contributed by atoms with van der Waals surface area (Å²) in [6.07, 6.45) is 3.48. The molecule has 0 radical (unpaired) electrons. The minimum absolute atomic E-state index is 0.00722. The lowest BCUT2D eigenvalue weighted by Crippen LogP contribution is -2.56. The Morgan fingerprint density at radius 1 is 0.900 bits per heavy atom. The lowest BCUT2D eigenvalue weighted by molar-refractivity contribution is -0.147. The number of carbonyl (C=O) groups is 4. The van der Waals surface area contributed by atoms with Gasteiger partial charge >= 0.3 is 5.97 Å². The van der Waals surface area contributed by atoms with Crippen LogP contribution in [0.25, 0.3) is 11.1 Å². The highest BCUT2D eigenvalue weighted by Gasteiger charge is 2.30. The van der Waals surface area contributed by atoms with Crippen molar-refractivity contribution in [1.29, 1.82) is 0 Å². The molecule has 0 aliphatic carbocycles. The van der Waals surface area contributed by atoms with Gasteiger partial charge in [0, 0.05) is 18.1 Å². The standard InChI is InChI=1S/C30H35N3O5S2/c1-19(2)28-30(37)32-25-18-40-39-13-7-6-10-24(16-26(34)33-28)38-27(35)15-22-12-11-21(20-8-4-3-5-9-20)14-23(22)17-31-29(25)36/h3-6,8-12,14,19,24-25,28H,7,13,15-18H2,1-2H3,(H,31,36)(H,32,37)(H,33,34)/b10-6+/t24-,25-,28-/m1/s1.